The number of halogens is 1. The summed E-state index contributed by atoms with van der Waals surface area (Å²) >= 11 is 0. The van der Waals surface area contributed by atoms with Crippen LogP contribution in [-0.4, -0.2) is 32.8 Å². The van der Waals surface area contributed by atoms with E-state index >= 15 is 0 Å². The van der Waals surface area contributed by atoms with Crippen molar-refractivity contribution < 1.29 is 28.1 Å². The number of amides is 1. The maximum Gasteiger partial charge on any atom is 0.245 e. The molecule has 6 nitrogen and oxygen atoms in total. The van der Waals surface area contributed by atoms with Gasteiger partial charge in [0.25, 0.3) is 0 Å². The molecule has 3 aromatic carbocycles. The first kappa shape index (κ1) is 18.1. The van der Waals surface area contributed by atoms with Gasteiger partial charge in [-0.25, -0.2) is 4.39 Å². The van der Waals surface area contributed by atoms with Crippen LogP contribution in [0.3, 0.4) is 0 Å². The number of ether oxygens (including phenoxy) is 4. The number of fused-ring (bicyclic) bond motifs is 5. The number of carbonyl (C=O) groups excluding carboxylic acids is 1. The van der Waals surface area contributed by atoms with Crippen molar-refractivity contribution in [3.8, 4) is 28.7 Å². The van der Waals surface area contributed by atoms with Crippen LogP contribution in [0.2, 0.25) is 0 Å². The number of likely N-dealkylation sites (N-methyl/N-ethyl adjacent to an activating group) is 1. The Morgan fingerprint density at radius 2 is 1.71 bits per heavy atom. The molecule has 0 radical (unpaired) electrons. The van der Waals surface area contributed by atoms with Crippen molar-refractivity contribution in [2.45, 2.75) is 5.41 Å². The highest BCUT2D eigenvalue weighted by Crippen LogP contribution is 2.57. The molecule has 3 aromatic rings. The molecule has 1 atom stereocenters. The molecule has 0 bridgehead atoms. The Labute approximate surface area is 177 Å². The van der Waals surface area contributed by atoms with Gasteiger partial charge in [0, 0.05) is 24.2 Å². The van der Waals surface area contributed by atoms with Crippen LogP contribution in [0.25, 0.3) is 0 Å². The van der Waals surface area contributed by atoms with Crippen molar-refractivity contribution in [1.82, 2.24) is 0 Å². The second-order valence-electron chi connectivity index (χ2n) is 7.76. The Hall–Kier alpha value is -3.74. The summed E-state index contributed by atoms with van der Waals surface area (Å²) in [5.41, 5.74) is 1.13. The third kappa shape index (κ3) is 2.46. The van der Waals surface area contributed by atoms with Crippen LogP contribution >= 0.6 is 0 Å². The van der Waals surface area contributed by atoms with E-state index in [1.54, 1.807) is 30.1 Å². The molecule has 156 valence electrons. The van der Waals surface area contributed by atoms with E-state index in [0.717, 1.165) is 16.8 Å². The molecular formula is C24H18FNO5. The summed E-state index contributed by atoms with van der Waals surface area (Å²) < 4.78 is 36.9. The van der Waals surface area contributed by atoms with Gasteiger partial charge in [0.15, 0.2) is 11.5 Å². The van der Waals surface area contributed by atoms with Crippen molar-refractivity contribution in [2.75, 3.05) is 31.8 Å². The number of anilines is 1. The minimum absolute atomic E-state index is 0.104. The van der Waals surface area contributed by atoms with Crippen molar-refractivity contribution in [2.24, 2.45) is 0 Å². The highest BCUT2D eigenvalue weighted by atomic mass is 19.1. The summed E-state index contributed by atoms with van der Waals surface area (Å²) in [6, 6.07) is 14.9. The fourth-order valence-electron chi connectivity index (χ4n) is 4.62. The van der Waals surface area contributed by atoms with Gasteiger partial charge < -0.3 is 23.8 Å². The Kier molecular flexibility index (Phi) is 3.72. The molecule has 31 heavy (non-hydrogen) atoms. The molecule has 3 aliphatic rings. The lowest BCUT2D eigenvalue weighted by molar-refractivity contribution is -0.121. The van der Waals surface area contributed by atoms with Crippen LogP contribution in [0.1, 0.15) is 11.1 Å². The minimum atomic E-state index is -1.06. The van der Waals surface area contributed by atoms with Crippen molar-refractivity contribution in [3.63, 3.8) is 0 Å². The van der Waals surface area contributed by atoms with Gasteiger partial charge in [-0.3, -0.25) is 4.79 Å². The zero-order chi connectivity index (χ0) is 21.2. The molecule has 7 heteroatoms. The lowest BCUT2D eigenvalue weighted by Crippen LogP contribution is -2.41. The van der Waals surface area contributed by atoms with E-state index in [1.165, 1.54) is 12.1 Å². The summed E-state index contributed by atoms with van der Waals surface area (Å²) in [4.78, 5) is 15.3. The van der Waals surface area contributed by atoms with Crippen LogP contribution in [0.5, 0.6) is 28.7 Å². The fourth-order valence-corrected chi connectivity index (χ4v) is 4.62. The SMILES string of the molecule is CN1C(=O)C2(COc3cc4c(cc32)OCCO4)c2c(Oc3ccc(F)cc3)cccc21. The minimum Gasteiger partial charge on any atom is -0.491 e. The highest BCUT2D eigenvalue weighted by Gasteiger charge is 2.58. The summed E-state index contributed by atoms with van der Waals surface area (Å²) in [5, 5.41) is 0. The van der Waals surface area contributed by atoms with Gasteiger partial charge in [0.05, 0.1) is 5.69 Å². The maximum atomic E-state index is 13.6. The zero-order valence-corrected chi connectivity index (χ0v) is 16.7. The Bertz CT molecular complexity index is 1230. The lowest BCUT2D eigenvalue weighted by Gasteiger charge is -2.25. The monoisotopic (exact) mass is 419 g/mol. The van der Waals surface area contributed by atoms with Crippen LogP contribution in [0, 0.1) is 5.82 Å². The molecule has 0 saturated carbocycles. The number of carbonyl (C=O) groups is 1. The molecule has 1 spiro atoms. The highest BCUT2D eigenvalue weighted by molar-refractivity contribution is 6.12. The zero-order valence-electron chi connectivity index (χ0n) is 16.7. The maximum absolute atomic E-state index is 13.6. The first-order valence-electron chi connectivity index (χ1n) is 10.00. The van der Waals surface area contributed by atoms with Gasteiger partial charge >= 0.3 is 0 Å². The summed E-state index contributed by atoms with van der Waals surface area (Å²) in [5.74, 6) is 2.35. The number of hydrogen-bond donors (Lipinski definition) is 0. The molecule has 6 rings (SSSR count). The van der Waals surface area contributed by atoms with E-state index in [9.17, 15) is 9.18 Å². The second-order valence-corrected chi connectivity index (χ2v) is 7.76. The van der Waals surface area contributed by atoms with E-state index in [0.29, 0.717) is 42.0 Å². The van der Waals surface area contributed by atoms with E-state index in [-0.39, 0.29) is 18.3 Å². The molecule has 0 aromatic heterocycles. The Morgan fingerprint density at radius 3 is 2.48 bits per heavy atom. The topological polar surface area (TPSA) is 57.2 Å². The normalized spacial score (nSPS) is 20.5. The average Bonchev–Trinajstić information content (AvgIpc) is 3.26. The van der Waals surface area contributed by atoms with E-state index in [4.69, 9.17) is 18.9 Å². The molecule has 0 saturated heterocycles. The average molecular weight is 419 g/mol. The number of rotatable bonds is 2. The van der Waals surface area contributed by atoms with Gasteiger partial charge in [-0.2, -0.15) is 0 Å². The van der Waals surface area contributed by atoms with Crippen LogP contribution in [0.4, 0.5) is 10.1 Å². The predicted octanol–water partition coefficient (Wildman–Crippen LogP) is 4.04. The predicted molar refractivity (Wildman–Crippen MR) is 110 cm³/mol. The molecule has 3 aliphatic heterocycles. The van der Waals surface area contributed by atoms with Crippen molar-refractivity contribution in [3.05, 3.63) is 71.5 Å². The second kappa shape index (κ2) is 6.38. The molecular weight excluding hydrogens is 401 g/mol. The smallest absolute Gasteiger partial charge is 0.245 e. The number of nitrogens with zero attached hydrogens (tertiary/aromatic N) is 1. The van der Waals surface area contributed by atoms with Crippen molar-refractivity contribution in [1.29, 1.82) is 0 Å². The first-order valence-corrected chi connectivity index (χ1v) is 10.00. The molecule has 0 N–H and O–H groups in total. The van der Waals surface area contributed by atoms with Gasteiger partial charge in [-0.15, -0.1) is 0 Å². The Morgan fingerprint density at radius 1 is 0.968 bits per heavy atom. The van der Waals surface area contributed by atoms with Crippen LogP contribution in [-0.2, 0) is 10.2 Å². The number of hydrogen-bond acceptors (Lipinski definition) is 5. The van der Waals surface area contributed by atoms with E-state index in [1.807, 2.05) is 24.3 Å². The molecule has 0 aliphatic carbocycles. The third-order valence-corrected chi connectivity index (χ3v) is 6.05. The van der Waals surface area contributed by atoms with Gasteiger partial charge in [0.1, 0.15) is 48.3 Å². The van der Waals surface area contributed by atoms with Gasteiger partial charge in [0.2, 0.25) is 5.91 Å². The van der Waals surface area contributed by atoms with Crippen LogP contribution in [0.15, 0.2) is 54.6 Å². The quantitative estimate of drug-likeness (QED) is 0.628. The van der Waals surface area contributed by atoms with E-state index < -0.39 is 5.41 Å². The Balaban J connectivity index is 1.54. The largest absolute Gasteiger partial charge is 0.491 e. The summed E-state index contributed by atoms with van der Waals surface area (Å²) in [7, 11) is 1.74. The van der Waals surface area contributed by atoms with Crippen molar-refractivity contribution >= 4 is 11.6 Å². The van der Waals surface area contributed by atoms with E-state index in [2.05, 4.69) is 0 Å². The van der Waals surface area contributed by atoms with Crippen LogP contribution < -0.4 is 23.8 Å². The van der Waals surface area contributed by atoms with Gasteiger partial charge in [-0.05, 0) is 42.5 Å². The summed E-state index contributed by atoms with van der Waals surface area (Å²) in [6.45, 7) is 1.06. The molecule has 1 unspecified atom stereocenters. The molecule has 0 fully saturated rings. The third-order valence-electron chi connectivity index (χ3n) is 6.05. The fraction of sp³-hybridized carbons (Fsp3) is 0.208. The molecule has 1 amide bonds. The number of benzene rings is 3. The molecule has 3 heterocycles. The standard InChI is InChI=1S/C24H18FNO5/c1-26-17-3-2-4-18(31-15-7-5-14(25)6-8-15)22(17)24(23(26)27)13-30-19-12-21-20(11-16(19)24)28-9-10-29-21/h2-8,11-12H,9-10,13H2,1H3. The van der Waals surface area contributed by atoms with Gasteiger partial charge in [-0.1, -0.05) is 6.07 Å². The first-order chi connectivity index (χ1) is 15.1. The lowest BCUT2D eigenvalue weighted by atomic mass is 9.76. The summed E-state index contributed by atoms with van der Waals surface area (Å²) in [6.07, 6.45) is 0.